The second kappa shape index (κ2) is 6.76. The molecule has 0 aliphatic carbocycles. The molecule has 0 aliphatic rings. The minimum absolute atomic E-state index is 0.0494. The first-order valence-corrected chi connectivity index (χ1v) is 7.06. The molecule has 0 aliphatic heterocycles. The van der Waals surface area contributed by atoms with Gasteiger partial charge in [-0.05, 0) is 25.3 Å². The summed E-state index contributed by atoms with van der Waals surface area (Å²) in [5.41, 5.74) is 0.792. The summed E-state index contributed by atoms with van der Waals surface area (Å²) in [7, 11) is 0. The summed E-state index contributed by atoms with van der Waals surface area (Å²) in [5.74, 6) is 0. The van der Waals surface area contributed by atoms with Gasteiger partial charge in [0.2, 0.25) is 0 Å². The van der Waals surface area contributed by atoms with Crippen LogP contribution in [0.5, 0.6) is 0 Å². The molecule has 0 heterocycles. The number of anilines is 1. The van der Waals surface area contributed by atoms with E-state index in [1.807, 2.05) is 56.3 Å². The molecule has 4 nitrogen and oxygen atoms in total. The molecule has 0 spiro atoms. The Morgan fingerprint density at radius 3 is 2.67 bits per heavy atom. The number of fused-ring (bicyclic) bond motifs is 1. The smallest absolute Gasteiger partial charge is 0.321 e. The lowest BCUT2D eigenvalue weighted by Crippen LogP contribution is -2.40. The van der Waals surface area contributed by atoms with Crippen LogP contribution in [0.2, 0.25) is 0 Å². The maximum atomic E-state index is 12.4. The number of hydrogen-bond donors (Lipinski definition) is 1. The third-order valence-corrected chi connectivity index (χ3v) is 3.38. The van der Waals surface area contributed by atoms with E-state index in [-0.39, 0.29) is 12.1 Å². The molecular formula is C17H19N3O. The number of carbonyl (C=O) groups is 1. The van der Waals surface area contributed by atoms with Crippen LogP contribution in [0.25, 0.3) is 10.8 Å². The molecular weight excluding hydrogens is 262 g/mol. The molecule has 108 valence electrons. The summed E-state index contributed by atoms with van der Waals surface area (Å²) in [5, 5.41) is 13.8. The molecule has 2 rings (SSSR count). The highest BCUT2D eigenvalue weighted by molar-refractivity contribution is 6.01. The summed E-state index contributed by atoms with van der Waals surface area (Å²) < 4.78 is 0. The van der Waals surface area contributed by atoms with Crippen molar-refractivity contribution < 1.29 is 4.79 Å². The van der Waals surface area contributed by atoms with Gasteiger partial charge in [-0.25, -0.2) is 4.79 Å². The third-order valence-electron chi connectivity index (χ3n) is 3.38. The zero-order valence-electron chi connectivity index (χ0n) is 12.3. The van der Waals surface area contributed by atoms with Gasteiger partial charge in [-0.3, -0.25) is 0 Å². The Morgan fingerprint density at radius 2 is 1.95 bits per heavy atom. The maximum Gasteiger partial charge on any atom is 0.322 e. The molecule has 0 radical (unpaired) electrons. The van der Waals surface area contributed by atoms with Crippen molar-refractivity contribution >= 4 is 22.5 Å². The van der Waals surface area contributed by atoms with Gasteiger partial charge in [0.25, 0.3) is 0 Å². The van der Waals surface area contributed by atoms with Crippen molar-refractivity contribution in [2.24, 2.45) is 0 Å². The van der Waals surface area contributed by atoms with Gasteiger partial charge in [-0.15, -0.1) is 0 Å². The molecule has 2 aromatic carbocycles. The van der Waals surface area contributed by atoms with Gasteiger partial charge in [-0.2, -0.15) is 5.26 Å². The van der Waals surface area contributed by atoms with E-state index in [0.29, 0.717) is 13.0 Å². The lowest BCUT2D eigenvalue weighted by molar-refractivity contribution is 0.198. The zero-order valence-corrected chi connectivity index (χ0v) is 12.3. The van der Waals surface area contributed by atoms with Crippen molar-refractivity contribution in [1.29, 1.82) is 5.26 Å². The van der Waals surface area contributed by atoms with E-state index < -0.39 is 0 Å². The van der Waals surface area contributed by atoms with Gasteiger partial charge in [-0.1, -0.05) is 36.4 Å². The first kappa shape index (κ1) is 14.9. The second-order valence-electron chi connectivity index (χ2n) is 5.15. The van der Waals surface area contributed by atoms with E-state index in [1.165, 1.54) is 0 Å². The minimum atomic E-state index is -0.170. The standard InChI is InChI=1S/C17H19N3O/c1-13(2)20(12-6-11-18)17(21)19-16-10-5-8-14-7-3-4-9-15(14)16/h3-5,7-10,13H,6,12H2,1-2H3,(H,19,21). The third kappa shape index (κ3) is 3.51. The fourth-order valence-corrected chi connectivity index (χ4v) is 2.29. The van der Waals surface area contributed by atoms with Crippen molar-refractivity contribution in [3.63, 3.8) is 0 Å². The number of nitriles is 1. The number of amides is 2. The van der Waals surface area contributed by atoms with E-state index >= 15 is 0 Å². The summed E-state index contributed by atoms with van der Waals surface area (Å²) in [6, 6.07) is 15.7. The lowest BCUT2D eigenvalue weighted by Gasteiger charge is -2.26. The Labute approximate surface area is 125 Å². The Morgan fingerprint density at radius 1 is 1.24 bits per heavy atom. The van der Waals surface area contributed by atoms with Crippen LogP contribution in [-0.2, 0) is 0 Å². The van der Waals surface area contributed by atoms with Gasteiger partial charge >= 0.3 is 6.03 Å². The highest BCUT2D eigenvalue weighted by Gasteiger charge is 2.17. The van der Waals surface area contributed by atoms with E-state index in [0.717, 1.165) is 16.5 Å². The summed E-state index contributed by atoms with van der Waals surface area (Å²) in [6.07, 6.45) is 0.334. The van der Waals surface area contributed by atoms with Crippen LogP contribution in [0.1, 0.15) is 20.3 Å². The van der Waals surface area contributed by atoms with Crippen LogP contribution in [0.4, 0.5) is 10.5 Å². The lowest BCUT2D eigenvalue weighted by atomic mass is 10.1. The summed E-state index contributed by atoms with van der Waals surface area (Å²) >= 11 is 0. The van der Waals surface area contributed by atoms with Crippen LogP contribution in [0.15, 0.2) is 42.5 Å². The van der Waals surface area contributed by atoms with Crippen molar-refractivity contribution in [3.8, 4) is 6.07 Å². The molecule has 0 aromatic heterocycles. The molecule has 0 fully saturated rings. The maximum absolute atomic E-state index is 12.4. The number of benzene rings is 2. The molecule has 0 saturated carbocycles. The molecule has 0 bridgehead atoms. The molecule has 0 saturated heterocycles. The molecule has 2 amide bonds. The molecule has 4 heteroatoms. The van der Waals surface area contributed by atoms with E-state index in [4.69, 9.17) is 5.26 Å². The number of hydrogen-bond acceptors (Lipinski definition) is 2. The van der Waals surface area contributed by atoms with Crippen LogP contribution >= 0.6 is 0 Å². The molecule has 1 N–H and O–H groups in total. The van der Waals surface area contributed by atoms with E-state index in [1.54, 1.807) is 4.90 Å². The largest absolute Gasteiger partial charge is 0.322 e. The number of rotatable bonds is 4. The molecule has 21 heavy (non-hydrogen) atoms. The summed E-state index contributed by atoms with van der Waals surface area (Å²) in [4.78, 5) is 14.1. The predicted molar refractivity (Wildman–Crippen MR) is 85.0 cm³/mol. The Bertz CT molecular complexity index is 668. The van der Waals surface area contributed by atoms with Gasteiger partial charge in [0.15, 0.2) is 0 Å². The average Bonchev–Trinajstić information content (AvgIpc) is 2.47. The van der Waals surface area contributed by atoms with Crippen LogP contribution in [0, 0.1) is 11.3 Å². The highest BCUT2D eigenvalue weighted by atomic mass is 16.2. The van der Waals surface area contributed by atoms with Crippen LogP contribution in [-0.4, -0.2) is 23.5 Å². The van der Waals surface area contributed by atoms with Crippen molar-refractivity contribution in [2.45, 2.75) is 26.3 Å². The quantitative estimate of drug-likeness (QED) is 0.921. The number of nitrogens with zero attached hydrogens (tertiary/aromatic N) is 2. The fourth-order valence-electron chi connectivity index (χ4n) is 2.29. The van der Waals surface area contributed by atoms with Gasteiger partial charge in [0.1, 0.15) is 0 Å². The van der Waals surface area contributed by atoms with Gasteiger partial charge in [0, 0.05) is 18.0 Å². The number of nitrogens with one attached hydrogen (secondary N) is 1. The van der Waals surface area contributed by atoms with Crippen molar-refractivity contribution in [3.05, 3.63) is 42.5 Å². The average molecular weight is 281 g/mol. The normalized spacial score (nSPS) is 10.4. The van der Waals surface area contributed by atoms with Crippen molar-refractivity contribution in [1.82, 2.24) is 4.90 Å². The Hall–Kier alpha value is -2.54. The van der Waals surface area contributed by atoms with Gasteiger partial charge < -0.3 is 10.2 Å². The topological polar surface area (TPSA) is 56.1 Å². The van der Waals surface area contributed by atoms with Crippen molar-refractivity contribution in [2.75, 3.05) is 11.9 Å². The van der Waals surface area contributed by atoms with E-state index in [9.17, 15) is 4.79 Å². The monoisotopic (exact) mass is 281 g/mol. The number of urea groups is 1. The predicted octanol–water partition coefficient (Wildman–Crippen LogP) is 4.00. The zero-order chi connectivity index (χ0) is 15.2. The Kier molecular flexibility index (Phi) is 4.78. The van der Waals surface area contributed by atoms with Crippen LogP contribution in [0.3, 0.4) is 0 Å². The van der Waals surface area contributed by atoms with Crippen LogP contribution < -0.4 is 5.32 Å². The molecule has 0 atom stereocenters. The fraction of sp³-hybridized carbons (Fsp3) is 0.294. The molecule has 2 aromatic rings. The van der Waals surface area contributed by atoms with E-state index in [2.05, 4.69) is 11.4 Å². The molecule has 0 unspecified atom stereocenters. The SMILES string of the molecule is CC(C)N(CCC#N)C(=O)Nc1cccc2ccccc12. The van der Waals surface area contributed by atoms with Gasteiger partial charge in [0.05, 0.1) is 18.2 Å². The Balaban J connectivity index is 2.22. The number of carbonyl (C=O) groups excluding carboxylic acids is 1. The first-order valence-electron chi connectivity index (χ1n) is 7.06. The highest BCUT2D eigenvalue weighted by Crippen LogP contribution is 2.23. The minimum Gasteiger partial charge on any atom is -0.321 e. The first-order chi connectivity index (χ1) is 10.1. The summed E-state index contributed by atoms with van der Waals surface area (Å²) in [6.45, 7) is 4.32. The second-order valence-corrected chi connectivity index (χ2v) is 5.15.